The van der Waals surface area contributed by atoms with Gasteiger partial charge in [-0.2, -0.15) is 0 Å². The van der Waals surface area contributed by atoms with Crippen molar-refractivity contribution >= 4 is 66.8 Å². The maximum absolute atomic E-state index is 13.2. The summed E-state index contributed by atoms with van der Waals surface area (Å²) >= 11 is 0. The van der Waals surface area contributed by atoms with E-state index in [1.165, 1.54) is 0 Å². The zero-order valence-corrected chi connectivity index (χ0v) is 30.9. The summed E-state index contributed by atoms with van der Waals surface area (Å²) in [6, 6.07) is 28.3. The fraction of sp³-hybridized carbons (Fsp3) is 0.333. The zero-order valence-electron chi connectivity index (χ0n) is 30.9. The van der Waals surface area contributed by atoms with E-state index in [2.05, 4.69) is 67.5 Å². The van der Waals surface area contributed by atoms with E-state index in [0.717, 1.165) is 107 Å². The number of hydrogen-bond acceptors (Lipinski definition) is 6. The Bertz CT molecular complexity index is 2030. The van der Waals surface area contributed by atoms with E-state index in [1.807, 2.05) is 76.7 Å². The van der Waals surface area contributed by atoms with Gasteiger partial charge in [0.15, 0.2) is 0 Å². The van der Waals surface area contributed by atoms with Crippen LogP contribution in [0.1, 0.15) is 46.4 Å². The average molecular weight is 701 g/mol. The molecule has 0 atom stereocenters. The number of nitrogens with one attached hydrogen (secondary N) is 2. The maximum atomic E-state index is 13.2. The van der Waals surface area contributed by atoms with E-state index in [4.69, 9.17) is 9.97 Å². The highest BCUT2D eigenvalue weighted by Crippen LogP contribution is 2.30. The second kappa shape index (κ2) is 17.5. The number of amides is 2. The molecule has 0 aliphatic rings. The van der Waals surface area contributed by atoms with Crippen molar-refractivity contribution in [3.8, 4) is 0 Å². The molecule has 0 saturated heterocycles. The van der Waals surface area contributed by atoms with Crippen molar-refractivity contribution in [3.05, 3.63) is 96.1 Å². The largest absolute Gasteiger partial charge is 0.351 e. The normalized spacial score (nSPS) is 11.7. The molecule has 0 spiro atoms. The number of carbonyl (C=O) groups excluding carboxylic acids is 2. The molecule has 0 bridgehead atoms. The number of pyridine rings is 2. The smallest absolute Gasteiger partial charge is 0.253 e. The minimum Gasteiger partial charge on any atom is -0.351 e. The van der Waals surface area contributed by atoms with Gasteiger partial charge in [0.05, 0.1) is 67.8 Å². The van der Waals surface area contributed by atoms with Gasteiger partial charge in [0.2, 0.25) is 0 Å². The Morgan fingerprint density at radius 1 is 0.538 bits per heavy atom. The third kappa shape index (κ3) is 8.71. The first kappa shape index (κ1) is 36.8. The van der Waals surface area contributed by atoms with Crippen molar-refractivity contribution in [1.82, 2.24) is 30.4 Å². The predicted octanol–water partition coefficient (Wildman–Crippen LogP) is 4.32. The molecule has 10 nitrogen and oxygen atoms in total. The molecule has 0 fully saturated rings. The Morgan fingerprint density at radius 2 is 0.942 bits per heavy atom. The second-order valence-electron chi connectivity index (χ2n) is 14.0. The molecule has 10 heteroatoms. The Balaban J connectivity index is 1.08. The van der Waals surface area contributed by atoms with E-state index in [1.54, 1.807) is 0 Å². The van der Waals surface area contributed by atoms with Gasteiger partial charge >= 0.3 is 0 Å². The zero-order chi connectivity index (χ0) is 36.5. The standard InChI is InChI=1S/C42H50N8O2/c1-49(2)27-25-45-41(51)33-19-13-17-31-37(29-15-7-9-21-35(29)47-39(31)33)43-23-11-5-6-12-24-44-38-30-16-8-10-22-36(30)48-40-32(38)18-14-20-34(40)42(52)46-26-28-50(3)4/h7-10,13-22H,5-6,11-12,23-28H2,1-4H3,(H,43,47)(H,44,48)(H,45,51)(H,46,52)/p+2. The van der Waals surface area contributed by atoms with E-state index >= 15 is 0 Å². The number of nitrogens with zero attached hydrogens (tertiary/aromatic N) is 4. The van der Waals surface area contributed by atoms with Crippen LogP contribution in [0.4, 0.5) is 11.4 Å². The van der Waals surface area contributed by atoms with Crippen molar-refractivity contribution in [1.29, 1.82) is 0 Å². The van der Waals surface area contributed by atoms with Gasteiger partial charge in [-0.05, 0) is 102 Å². The molecule has 0 aliphatic heterocycles. The minimum atomic E-state index is -0.0905. The van der Waals surface area contributed by atoms with Crippen molar-refractivity contribution in [2.24, 2.45) is 0 Å². The van der Waals surface area contributed by atoms with Crippen LogP contribution < -0.4 is 21.3 Å². The molecule has 0 aliphatic carbocycles. The summed E-state index contributed by atoms with van der Waals surface area (Å²) in [6.45, 7) is 4.62. The number of carbonyl (C=O) groups is 2. The third-order valence-electron chi connectivity index (χ3n) is 9.54. The first-order valence-electron chi connectivity index (χ1n) is 18.5. The lowest BCUT2D eigenvalue weighted by Crippen LogP contribution is -2.78. The first-order chi connectivity index (χ1) is 25.3. The average Bonchev–Trinajstić information content (AvgIpc) is 3.14. The van der Waals surface area contributed by atoms with Crippen molar-refractivity contribution in [3.63, 3.8) is 0 Å². The predicted molar refractivity (Wildman–Crippen MR) is 212 cm³/mol. The van der Waals surface area contributed by atoms with Gasteiger partial charge in [0, 0.05) is 26.2 Å². The topological polar surface area (TPSA) is 124 Å². The number of unbranched alkanes of at least 4 members (excludes halogenated alkanes) is 3. The Morgan fingerprint density at radius 3 is 1.37 bits per heavy atom. The molecule has 0 radical (unpaired) electrons. The molecule has 2 aromatic heterocycles. The molecule has 6 N–H and O–H groups in total. The number of fused-ring (bicyclic) bond motifs is 4. The van der Waals surface area contributed by atoms with Gasteiger partial charge < -0.3 is 31.1 Å². The molecule has 52 heavy (non-hydrogen) atoms. The molecule has 2 heterocycles. The number of para-hydroxylation sites is 4. The van der Waals surface area contributed by atoms with Crippen LogP contribution in [0.2, 0.25) is 0 Å². The van der Waals surface area contributed by atoms with E-state index < -0.39 is 0 Å². The van der Waals surface area contributed by atoms with Gasteiger partial charge in [0.1, 0.15) is 11.4 Å². The summed E-state index contributed by atoms with van der Waals surface area (Å²) in [7, 11) is 7.99. The molecule has 4 aromatic carbocycles. The number of hydrogen-bond donors (Lipinski definition) is 4. The highest BCUT2D eigenvalue weighted by atomic mass is 16.2. The number of aromatic nitrogens is 2. The van der Waals surface area contributed by atoms with E-state index in [-0.39, 0.29) is 11.8 Å². The molecule has 6 aromatic rings. The number of likely N-dealkylation sites (N-methyl/N-ethyl adjacent to an activating group) is 2. The Hall–Kier alpha value is -5.00. The summed E-state index contributed by atoms with van der Waals surface area (Å²) in [5, 5.41) is 15.0. The fourth-order valence-corrected chi connectivity index (χ4v) is 6.81. The number of rotatable bonds is 17. The van der Waals surface area contributed by atoms with Gasteiger partial charge in [-0.3, -0.25) is 9.59 Å². The molecule has 6 rings (SSSR count). The molecular formula is C42H52N8O2+2. The quantitative estimate of drug-likeness (QED) is 0.0831. The van der Waals surface area contributed by atoms with Crippen LogP contribution in [0.15, 0.2) is 84.9 Å². The lowest BCUT2D eigenvalue weighted by Gasteiger charge is -2.13. The Kier molecular flexibility index (Phi) is 12.4. The van der Waals surface area contributed by atoms with Crippen molar-refractivity contribution in [2.75, 3.05) is 67.5 Å². The second-order valence-corrected chi connectivity index (χ2v) is 14.0. The van der Waals surface area contributed by atoms with Gasteiger partial charge in [0.25, 0.3) is 11.8 Å². The third-order valence-corrected chi connectivity index (χ3v) is 9.54. The number of benzene rings is 4. The van der Waals surface area contributed by atoms with Crippen LogP contribution in [-0.2, 0) is 0 Å². The van der Waals surface area contributed by atoms with Crippen LogP contribution in [0.3, 0.4) is 0 Å². The SMILES string of the molecule is CN(C)CCNC(=O)c1cccc2c([NH2+]CCCCCC[NH2+]c3c4ccccc4nc4c(C(=O)NCCN(C)C)cccc34)c3ccccc3nc12. The van der Waals surface area contributed by atoms with Crippen LogP contribution in [0.25, 0.3) is 43.6 Å². The number of quaternary nitrogens is 2. The summed E-state index contributed by atoms with van der Waals surface area (Å²) in [4.78, 5) is 40.4. The van der Waals surface area contributed by atoms with Gasteiger partial charge in [-0.15, -0.1) is 0 Å². The highest BCUT2D eigenvalue weighted by Gasteiger charge is 2.20. The highest BCUT2D eigenvalue weighted by molar-refractivity contribution is 6.13. The summed E-state index contributed by atoms with van der Waals surface area (Å²) in [5.41, 5.74) is 6.83. The molecule has 2 amide bonds. The van der Waals surface area contributed by atoms with Gasteiger partial charge in [-0.25, -0.2) is 9.97 Å². The molecule has 270 valence electrons. The van der Waals surface area contributed by atoms with Crippen LogP contribution in [-0.4, -0.2) is 99.0 Å². The molecule has 0 saturated carbocycles. The summed E-state index contributed by atoms with van der Waals surface area (Å²) in [5.74, 6) is -0.181. The van der Waals surface area contributed by atoms with Gasteiger partial charge in [-0.1, -0.05) is 36.4 Å². The monoisotopic (exact) mass is 700 g/mol. The lowest BCUT2D eigenvalue weighted by molar-refractivity contribution is -0.570. The van der Waals surface area contributed by atoms with Crippen LogP contribution in [0.5, 0.6) is 0 Å². The van der Waals surface area contributed by atoms with Crippen molar-refractivity contribution < 1.29 is 20.2 Å². The lowest BCUT2D eigenvalue weighted by atomic mass is 10.0. The van der Waals surface area contributed by atoms with Crippen LogP contribution >= 0.6 is 0 Å². The molecular weight excluding hydrogens is 649 g/mol. The number of nitrogens with two attached hydrogens (primary N) is 2. The summed E-state index contributed by atoms with van der Waals surface area (Å²) < 4.78 is 0. The maximum Gasteiger partial charge on any atom is 0.253 e. The van der Waals surface area contributed by atoms with Crippen molar-refractivity contribution in [2.45, 2.75) is 25.7 Å². The minimum absolute atomic E-state index is 0.0905. The van der Waals surface area contributed by atoms with Crippen LogP contribution in [0, 0.1) is 0 Å². The summed E-state index contributed by atoms with van der Waals surface area (Å²) in [6.07, 6.45) is 4.41. The van der Waals surface area contributed by atoms with E-state index in [9.17, 15) is 9.59 Å². The Labute approximate surface area is 306 Å². The van der Waals surface area contributed by atoms with E-state index in [0.29, 0.717) is 24.2 Å². The fourth-order valence-electron chi connectivity index (χ4n) is 6.81. The molecule has 0 unspecified atom stereocenters. The first-order valence-corrected chi connectivity index (χ1v) is 18.5.